The minimum atomic E-state index is -1.04. The summed E-state index contributed by atoms with van der Waals surface area (Å²) >= 11 is 7.50. The quantitative estimate of drug-likeness (QED) is 0.796. The number of fused-ring (bicyclic) bond motifs is 1. The van der Waals surface area contributed by atoms with Crippen molar-refractivity contribution in [3.63, 3.8) is 0 Å². The van der Waals surface area contributed by atoms with Gasteiger partial charge in [0.1, 0.15) is 16.9 Å². The van der Waals surface area contributed by atoms with Crippen LogP contribution in [0.4, 0.5) is 0 Å². The zero-order valence-corrected chi connectivity index (χ0v) is 11.5. The molecule has 0 spiro atoms. The Morgan fingerprint density at radius 3 is 2.90 bits per heavy atom. The number of aromatic carboxylic acids is 1. The van der Waals surface area contributed by atoms with Gasteiger partial charge in [-0.05, 0) is 29.6 Å². The number of nitrogens with zero attached hydrogens (tertiary/aromatic N) is 2. The topological polar surface area (TPSA) is 72.3 Å². The van der Waals surface area contributed by atoms with Gasteiger partial charge in [0.15, 0.2) is 0 Å². The van der Waals surface area contributed by atoms with Crippen LogP contribution in [0.3, 0.4) is 0 Å². The third-order valence-corrected chi connectivity index (χ3v) is 3.73. The molecule has 3 aromatic rings. The third-order valence-electron chi connectivity index (χ3n) is 2.61. The van der Waals surface area contributed by atoms with Crippen LogP contribution in [0.5, 0.6) is 11.6 Å². The second kappa shape index (κ2) is 5.07. The average molecular weight is 307 g/mol. The highest BCUT2D eigenvalue weighted by atomic mass is 35.5. The average Bonchev–Trinajstić information content (AvgIpc) is 2.90. The molecule has 0 aliphatic heterocycles. The molecular formula is C13H7ClN2O3S. The second-order valence-corrected chi connectivity index (χ2v) is 5.17. The third kappa shape index (κ3) is 2.31. The summed E-state index contributed by atoms with van der Waals surface area (Å²) < 4.78 is 5.65. The minimum absolute atomic E-state index is 0.103. The fraction of sp³-hybridized carbons (Fsp3) is 0. The summed E-state index contributed by atoms with van der Waals surface area (Å²) in [5, 5.41) is 11.8. The molecule has 20 heavy (non-hydrogen) atoms. The van der Waals surface area contributed by atoms with E-state index in [2.05, 4.69) is 9.97 Å². The lowest BCUT2D eigenvalue weighted by atomic mass is 10.2. The summed E-state index contributed by atoms with van der Waals surface area (Å²) in [5.74, 6) is -0.301. The number of benzene rings is 1. The van der Waals surface area contributed by atoms with Gasteiger partial charge in [-0.2, -0.15) is 0 Å². The van der Waals surface area contributed by atoms with Crippen LogP contribution < -0.4 is 4.74 Å². The zero-order valence-electron chi connectivity index (χ0n) is 9.91. The molecule has 0 unspecified atom stereocenters. The summed E-state index contributed by atoms with van der Waals surface area (Å²) in [7, 11) is 0. The molecule has 1 aromatic carbocycles. The number of hydrogen-bond donors (Lipinski definition) is 1. The molecular weight excluding hydrogens is 300 g/mol. The van der Waals surface area contributed by atoms with E-state index >= 15 is 0 Å². The molecule has 0 saturated carbocycles. The first kappa shape index (κ1) is 12.8. The van der Waals surface area contributed by atoms with Gasteiger partial charge < -0.3 is 9.84 Å². The molecule has 1 N–H and O–H groups in total. The van der Waals surface area contributed by atoms with Crippen LogP contribution in [-0.2, 0) is 0 Å². The molecule has 100 valence electrons. The van der Waals surface area contributed by atoms with Crippen molar-refractivity contribution in [2.24, 2.45) is 0 Å². The standard InChI is InChI=1S/C13H7ClN2O3S/c14-9-5-7(13(17)18)1-2-10(9)19-11-8-3-4-20-12(8)16-6-15-11/h1-6H,(H,17,18). The largest absolute Gasteiger partial charge is 0.478 e. The Kier molecular flexibility index (Phi) is 3.25. The maximum absolute atomic E-state index is 10.8. The summed E-state index contributed by atoms with van der Waals surface area (Å²) in [6.45, 7) is 0. The van der Waals surface area contributed by atoms with Crippen LogP contribution >= 0.6 is 22.9 Å². The van der Waals surface area contributed by atoms with Crippen molar-refractivity contribution in [2.75, 3.05) is 0 Å². The summed E-state index contributed by atoms with van der Waals surface area (Å²) in [4.78, 5) is 19.8. The van der Waals surface area contributed by atoms with Gasteiger partial charge >= 0.3 is 5.97 Å². The van der Waals surface area contributed by atoms with Gasteiger partial charge in [-0.15, -0.1) is 11.3 Å². The Balaban J connectivity index is 1.99. The fourth-order valence-electron chi connectivity index (χ4n) is 1.67. The molecule has 0 bridgehead atoms. The molecule has 2 heterocycles. The van der Waals surface area contributed by atoms with Crippen LogP contribution in [0.1, 0.15) is 10.4 Å². The zero-order chi connectivity index (χ0) is 14.1. The molecule has 0 amide bonds. The number of hydrogen-bond acceptors (Lipinski definition) is 5. The SMILES string of the molecule is O=C(O)c1ccc(Oc2ncnc3sccc23)c(Cl)c1. The van der Waals surface area contributed by atoms with Crippen molar-refractivity contribution in [1.29, 1.82) is 0 Å². The summed E-state index contributed by atoms with van der Waals surface area (Å²) in [5.41, 5.74) is 0.103. The summed E-state index contributed by atoms with van der Waals surface area (Å²) in [6.07, 6.45) is 1.41. The van der Waals surface area contributed by atoms with Gasteiger partial charge in [0.05, 0.1) is 16.0 Å². The maximum Gasteiger partial charge on any atom is 0.335 e. The number of thiophene rings is 1. The van der Waals surface area contributed by atoms with E-state index in [0.717, 1.165) is 10.2 Å². The Hall–Kier alpha value is -2.18. The smallest absolute Gasteiger partial charge is 0.335 e. The molecule has 0 saturated heterocycles. The number of carbonyl (C=O) groups is 1. The first-order chi connectivity index (χ1) is 9.65. The van der Waals surface area contributed by atoms with Crippen LogP contribution in [0.25, 0.3) is 10.2 Å². The Morgan fingerprint density at radius 2 is 2.15 bits per heavy atom. The summed E-state index contributed by atoms with van der Waals surface area (Å²) in [6, 6.07) is 6.13. The van der Waals surface area contributed by atoms with E-state index in [4.69, 9.17) is 21.4 Å². The Bertz CT molecular complexity index is 803. The molecule has 7 heteroatoms. The van der Waals surface area contributed by atoms with E-state index < -0.39 is 5.97 Å². The van der Waals surface area contributed by atoms with Gasteiger partial charge in [0.25, 0.3) is 0 Å². The van der Waals surface area contributed by atoms with Crippen LogP contribution in [0, 0.1) is 0 Å². The van der Waals surface area contributed by atoms with Crippen molar-refractivity contribution in [2.45, 2.75) is 0 Å². The lowest BCUT2D eigenvalue weighted by Gasteiger charge is -2.07. The van der Waals surface area contributed by atoms with Crippen LogP contribution in [0.15, 0.2) is 36.0 Å². The number of rotatable bonds is 3. The molecule has 5 nitrogen and oxygen atoms in total. The van der Waals surface area contributed by atoms with Crippen LogP contribution in [-0.4, -0.2) is 21.0 Å². The normalized spacial score (nSPS) is 10.7. The van der Waals surface area contributed by atoms with Crippen molar-refractivity contribution < 1.29 is 14.6 Å². The van der Waals surface area contributed by atoms with Gasteiger partial charge in [0, 0.05) is 0 Å². The van der Waals surface area contributed by atoms with Crippen molar-refractivity contribution in [3.8, 4) is 11.6 Å². The monoisotopic (exact) mass is 306 g/mol. The van der Waals surface area contributed by atoms with Crippen molar-refractivity contribution in [3.05, 3.63) is 46.6 Å². The first-order valence-electron chi connectivity index (χ1n) is 5.54. The second-order valence-electron chi connectivity index (χ2n) is 3.87. The number of halogens is 1. The van der Waals surface area contributed by atoms with Crippen molar-refractivity contribution >= 4 is 39.1 Å². The lowest BCUT2D eigenvalue weighted by Crippen LogP contribution is -1.97. The molecule has 0 radical (unpaired) electrons. The highest BCUT2D eigenvalue weighted by Crippen LogP contribution is 2.33. The Labute approximate surface area is 122 Å². The molecule has 2 aromatic heterocycles. The fourth-order valence-corrected chi connectivity index (χ4v) is 2.61. The molecule has 0 fully saturated rings. The highest BCUT2D eigenvalue weighted by molar-refractivity contribution is 7.16. The van der Waals surface area contributed by atoms with Gasteiger partial charge in [0.2, 0.25) is 5.88 Å². The van der Waals surface area contributed by atoms with Gasteiger partial charge in [-0.1, -0.05) is 11.6 Å². The van der Waals surface area contributed by atoms with Gasteiger partial charge in [-0.3, -0.25) is 0 Å². The number of carboxylic acid groups (broad SMARTS) is 1. The molecule has 0 atom stereocenters. The van der Waals surface area contributed by atoms with E-state index in [0.29, 0.717) is 11.6 Å². The number of ether oxygens (including phenoxy) is 1. The van der Waals surface area contributed by atoms with Gasteiger partial charge in [-0.25, -0.2) is 14.8 Å². The number of aromatic nitrogens is 2. The van der Waals surface area contributed by atoms with E-state index in [1.54, 1.807) is 0 Å². The maximum atomic E-state index is 10.8. The molecule has 3 rings (SSSR count). The highest BCUT2D eigenvalue weighted by Gasteiger charge is 2.11. The minimum Gasteiger partial charge on any atom is -0.478 e. The van der Waals surface area contributed by atoms with E-state index in [1.807, 2.05) is 11.4 Å². The predicted molar refractivity (Wildman–Crippen MR) is 75.9 cm³/mol. The van der Waals surface area contributed by atoms with E-state index in [9.17, 15) is 4.79 Å². The Morgan fingerprint density at radius 1 is 1.30 bits per heavy atom. The first-order valence-corrected chi connectivity index (χ1v) is 6.80. The van der Waals surface area contributed by atoms with E-state index in [1.165, 1.54) is 35.9 Å². The molecule has 0 aliphatic rings. The number of carboxylic acids is 1. The van der Waals surface area contributed by atoms with Crippen LogP contribution in [0.2, 0.25) is 5.02 Å². The van der Waals surface area contributed by atoms with Crippen molar-refractivity contribution in [1.82, 2.24) is 9.97 Å². The molecule has 0 aliphatic carbocycles. The lowest BCUT2D eigenvalue weighted by molar-refractivity contribution is 0.0697. The predicted octanol–water partition coefficient (Wildman–Crippen LogP) is 3.84. The van der Waals surface area contributed by atoms with E-state index in [-0.39, 0.29) is 10.6 Å².